The van der Waals surface area contributed by atoms with Crippen LogP contribution in [0.5, 0.6) is 0 Å². The largest absolute Gasteiger partial charge is 0.345 e. The summed E-state index contributed by atoms with van der Waals surface area (Å²) in [6.45, 7) is 2.99. The van der Waals surface area contributed by atoms with Gasteiger partial charge in [-0.05, 0) is 49.8 Å². The van der Waals surface area contributed by atoms with Gasteiger partial charge < -0.3 is 4.90 Å². The van der Waals surface area contributed by atoms with Crippen LogP contribution in [0.3, 0.4) is 0 Å². The van der Waals surface area contributed by atoms with Crippen molar-refractivity contribution in [1.82, 2.24) is 15.8 Å². The first kappa shape index (κ1) is 20.3. The monoisotopic (exact) mass is 375 g/mol. The maximum atomic E-state index is 13.4. The zero-order chi connectivity index (χ0) is 19.3. The first-order valence-electron chi connectivity index (χ1n) is 10.5. The summed E-state index contributed by atoms with van der Waals surface area (Å²) in [7, 11) is 1.96. The molecule has 0 radical (unpaired) electrons. The summed E-state index contributed by atoms with van der Waals surface area (Å²) in [5, 5.41) is 0. The molecule has 0 spiro atoms. The van der Waals surface area contributed by atoms with E-state index in [0.717, 1.165) is 57.1 Å². The van der Waals surface area contributed by atoms with Crippen molar-refractivity contribution in [2.24, 2.45) is 5.41 Å². The van der Waals surface area contributed by atoms with Gasteiger partial charge in [-0.2, -0.15) is 0 Å². The second-order valence-corrected chi connectivity index (χ2v) is 8.67. The van der Waals surface area contributed by atoms with Gasteiger partial charge in [0.25, 0.3) is 0 Å². The Labute approximate surface area is 162 Å². The van der Waals surface area contributed by atoms with Crippen LogP contribution in [-0.2, 0) is 4.79 Å². The summed E-state index contributed by atoms with van der Waals surface area (Å²) in [6.07, 6.45) is 9.90. The number of rotatable bonds is 8. The first-order chi connectivity index (χ1) is 13.0. The Kier molecular flexibility index (Phi) is 6.88. The lowest BCUT2D eigenvalue weighted by Gasteiger charge is -2.29. The van der Waals surface area contributed by atoms with Gasteiger partial charge in [-0.3, -0.25) is 15.6 Å². The number of amides is 1. The van der Waals surface area contributed by atoms with Gasteiger partial charge in [0.05, 0.1) is 0 Å². The van der Waals surface area contributed by atoms with E-state index in [0.29, 0.717) is 11.9 Å². The van der Waals surface area contributed by atoms with Gasteiger partial charge in [-0.25, -0.2) is 4.39 Å². The number of carbonyl (C=O) groups is 1. The van der Waals surface area contributed by atoms with Crippen molar-refractivity contribution in [2.45, 2.75) is 76.8 Å². The maximum Gasteiger partial charge on any atom is 0.228 e. The summed E-state index contributed by atoms with van der Waals surface area (Å²) in [5.74, 6) is 0.155. The van der Waals surface area contributed by atoms with Gasteiger partial charge in [0.15, 0.2) is 0 Å². The fourth-order valence-electron chi connectivity index (χ4n) is 4.60. The number of nitrogens with zero attached hydrogens (tertiary/aromatic N) is 1. The molecule has 3 rings (SSSR count). The smallest absolute Gasteiger partial charge is 0.228 e. The summed E-state index contributed by atoms with van der Waals surface area (Å²) in [4.78, 5) is 14.6. The lowest BCUT2D eigenvalue weighted by Crippen LogP contribution is -2.39. The molecule has 2 aliphatic rings. The Morgan fingerprint density at radius 2 is 2.00 bits per heavy atom. The van der Waals surface area contributed by atoms with Crippen LogP contribution in [0.4, 0.5) is 4.39 Å². The highest BCUT2D eigenvalue weighted by Gasteiger charge is 2.37. The Balaban J connectivity index is 1.31. The molecule has 0 bridgehead atoms. The van der Waals surface area contributed by atoms with Gasteiger partial charge in [-0.15, -0.1) is 0 Å². The molecule has 1 heterocycles. The molecule has 2 fully saturated rings. The van der Waals surface area contributed by atoms with Crippen molar-refractivity contribution in [1.29, 1.82) is 0 Å². The molecular weight excluding hydrogens is 341 g/mol. The lowest BCUT2D eigenvalue weighted by atomic mass is 9.87. The minimum atomic E-state index is -0.178. The molecule has 150 valence electrons. The fourth-order valence-corrected chi connectivity index (χ4v) is 4.60. The van der Waals surface area contributed by atoms with Crippen LogP contribution >= 0.6 is 0 Å². The highest BCUT2D eigenvalue weighted by atomic mass is 19.1. The minimum Gasteiger partial charge on any atom is -0.345 e. The standard InChI is InChI=1S/C22H34FN3O/c1-22(12-5-6-13-22)21(27)26(2)14-7-3-4-11-19-16-20(25-24-19)17-9-8-10-18(23)15-17/h8-10,15,19-20,24-25H,3-7,11-14,16H2,1-2H3. The molecule has 1 aliphatic carbocycles. The third-order valence-electron chi connectivity index (χ3n) is 6.35. The zero-order valence-electron chi connectivity index (χ0n) is 16.8. The molecule has 1 aliphatic heterocycles. The van der Waals surface area contributed by atoms with Crippen LogP contribution in [0, 0.1) is 11.2 Å². The van der Waals surface area contributed by atoms with Gasteiger partial charge in [-0.1, -0.05) is 44.7 Å². The predicted octanol–water partition coefficient (Wildman–Crippen LogP) is 4.33. The van der Waals surface area contributed by atoms with Crippen LogP contribution in [0.25, 0.3) is 0 Å². The Morgan fingerprint density at radius 3 is 2.74 bits per heavy atom. The molecule has 1 aromatic carbocycles. The molecule has 2 N–H and O–H groups in total. The molecule has 2 unspecified atom stereocenters. The molecule has 1 aromatic rings. The van der Waals surface area contributed by atoms with Gasteiger partial charge in [0, 0.05) is 31.1 Å². The number of hydrogen-bond acceptors (Lipinski definition) is 3. The van der Waals surface area contributed by atoms with E-state index in [-0.39, 0.29) is 17.3 Å². The molecular formula is C22H34FN3O. The number of hydrogen-bond donors (Lipinski definition) is 2. The van der Waals surface area contributed by atoms with Crippen molar-refractivity contribution in [3.8, 4) is 0 Å². The molecule has 4 nitrogen and oxygen atoms in total. The Hall–Kier alpha value is -1.46. The van der Waals surface area contributed by atoms with Crippen molar-refractivity contribution in [2.75, 3.05) is 13.6 Å². The molecule has 1 saturated carbocycles. The lowest BCUT2D eigenvalue weighted by molar-refractivity contribution is -0.139. The van der Waals surface area contributed by atoms with Gasteiger partial charge >= 0.3 is 0 Å². The van der Waals surface area contributed by atoms with Crippen LogP contribution < -0.4 is 10.9 Å². The number of nitrogens with one attached hydrogen (secondary N) is 2. The normalized spacial score (nSPS) is 24.3. The van der Waals surface area contributed by atoms with E-state index in [9.17, 15) is 9.18 Å². The Bertz CT molecular complexity index is 630. The predicted molar refractivity (Wildman–Crippen MR) is 106 cm³/mol. The van der Waals surface area contributed by atoms with E-state index in [1.807, 2.05) is 18.0 Å². The van der Waals surface area contributed by atoms with Crippen LogP contribution in [0.2, 0.25) is 0 Å². The van der Waals surface area contributed by atoms with Crippen LogP contribution in [0.1, 0.15) is 76.3 Å². The third-order valence-corrected chi connectivity index (χ3v) is 6.35. The molecule has 5 heteroatoms. The average Bonchev–Trinajstić information content (AvgIpc) is 3.30. The fraction of sp³-hybridized carbons (Fsp3) is 0.682. The first-order valence-corrected chi connectivity index (χ1v) is 10.5. The summed E-state index contributed by atoms with van der Waals surface area (Å²) < 4.78 is 13.4. The topological polar surface area (TPSA) is 44.4 Å². The van der Waals surface area contributed by atoms with E-state index >= 15 is 0 Å². The maximum absolute atomic E-state index is 13.4. The van der Waals surface area contributed by atoms with E-state index in [1.165, 1.54) is 18.9 Å². The Morgan fingerprint density at radius 1 is 1.22 bits per heavy atom. The molecule has 1 saturated heterocycles. The van der Waals surface area contributed by atoms with E-state index < -0.39 is 0 Å². The highest BCUT2D eigenvalue weighted by Crippen LogP contribution is 2.38. The SMILES string of the molecule is CN(CCCCCC1CC(c2cccc(F)c2)NN1)C(=O)C1(C)CCCC1. The van der Waals surface area contributed by atoms with Crippen LogP contribution in [0.15, 0.2) is 24.3 Å². The van der Waals surface area contributed by atoms with Gasteiger partial charge in [0.2, 0.25) is 5.91 Å². The molecule has 2 atom stereocenters. The zero-order valence-corrected chi connectivity index (χ0v) is 16.8. The van der Waals surface area contributed by atoms with Crippen molar-refractivity contribution >= 4 is 5.91 Å². The van der Waals surface area contributed by atoms with Gasteiger partial charge in [0.1, 0.15) is 5.82 Å². The molecule has 0 aromatic heterocycles. The van der Waals surface area contributed by atoms with E-state index in [1.54, 1.807) is 12.1 Å². The quantitative estimate of drug-likeness (QED) is 0.665. The second-order valence-electron chi connectivity index (χ2n) is 8.67. The summed E-state index contributed by atoms with van der Waals surface area (Å²) in [5.41, 5.74) is 7.53. The molecule has 1 amide bonds. The van der Waals surface area contributed by atoms with E-state index in [4.69, 9.17) is 0 Å². The third kappa shape index (κ3) is 5.29. The summed E-state index contributed by atoms with van der Waals surface area (Å²) in [6, 6.07) is 7.44. The number of hydrazine groups is 1. The molecule has 27 heavy (non-hydrogen) atoms. The highest BCUT2D eigenvalue weighted by molar-refractivity contribution is 5.82. The minimum absolute atomic E-state index is 0.111. The second kappa shape index (κ2) is 9.16. The number of benzene rings is 1. The average molecular weight is 376 g/mol. The number of unbranched alkanes of at least 4 members (excludes halogenated alkanes) is 2. The number of halogens is 1. The van der Waals surface area contributed by atoms with Crippen molar-refractivity contribution < 1.29 is 9.18 Å². The number of carbonyl (C=O) groups excluding carboxylic acids is 1. The van der Waals surface area contributed by atoms with Crippen LogP contribution in [-0.4, -0.2) is 30.4 Å². The van der Waals surface area contributed by atoms with Crippen molar-refractivity contribution in [3.63, 3.8) is 0 Å². The van der Waals surface area contributed by atoms with Crippen molar-refractivity contribution in [3.05, 3.63) is 35.6 Å². The van der Waals surface area contributed by atoms with E-state index in [2.05, 4.69) is 17.8 Å². The summed E-state index contributed by atoms with van der Waals surface area (Å²) >= 11 is 0.